The Morgan fingerprint density at radius 2 is 2.00 bits per heavy atom. The summed E-state index contributed by atoms with van der Waals surface area (Å²) in [4.78, 5) is 33.9. The first-order valence-corrected chi connectivity index (χ1v) is 11.1. The molecule has 7 nitrogen and oxygen atoms in total. The van der Waals surface area contributed by atoms with Crippen molar-refractivity contribution in [1.82, 2.24) is 19.6 Å². The summed E-state index contributed by atoms with van der Waals surface area (Å²) < 4.78 is 15.6. The third-order valence-electron chi connectivity index (χ3n) is 4.13. The monoisotopic (exact) mass is 441 g/mol. The lowest BCUT2D eigenvalue weighted by Gasteiger charge is -2.09. The molecule has 10 heteroatoms. The van der Waals surface area contributed by atoms with E-state index in [1.807, 2.05) is 30.5 Å². The zero-order valence-corrected chi connectivity index (χ0v) is 17.4. The summed E-state index contributed by atoms with van der Waals surface area (Å²) in [5, 5.41) is 5.76. The maximum atomic E-state index is 14.2. The molecule has 0 radical (unpaired) electrons. The molecule has 0 fully saturated rings. The molecule has 2 heterocycles. The maximum absolute atomic E-state index is 14.2. The second kappa shape index (κ2) is 8.72. The van der Waals surface area contributed by atoms with Gasteiger partial charge in [-0.05, 0) is 36.6 Å². The van der Waals surface area contributed by atoms with Gasteiger partial charge >= 0.3 is 0 Å². The fraction of sp³-hybridized carbons (Fsp3) is 0.100. The number of hydrogen-bond donors (Lipinski definition) is 2. The minimum absolute atomic E-state index is 0.0481. The normalized spacial score (nSPS) is 11.0. The van der Waals surface area contributed by atoms with Gasteiger partial charge in [-0.2, -0.15) is 0 Å². The molecule has 0 saturated heterocycles. The molecule has 0 bridgehead atoms. The third kappa shape index (κ3) is 4.39. The van der Waals surface area contributed by atoms with Crippen molar-refractivity contribution in [1.29, 1.82) is 0 Å². The van der Waals surface area contributed by atoms with Crippen LogP contribution in [0.5, 0.6) is 0 Å². The van der Waals surface area contributed by atoms with E-state index in [9.17, 15) is 14.0 Å². The number of H-pyrrole nitrogens is 1. The molecule has 1 amide bonds. The van der Waals surface area contributed by atoms with Crippen molar-refractivity contribution >= 4 is 40.8 Å². The number of aromatic amines is 1. The molecule has 0 saturated carbocycles. The van der Waals surface area contributed by atoms with E-state index in [4.69, 9.17) is 0 Å². The molecule has 0 unspecified atom stereocenters. The van der Waals surface area contributed by atoms with Crippen LogP contribution in [0.25, 0.3) is 17.0 Å². The lowest BCUT2D eigenvalue weighted by molar-refractivity contribution is -0.113. The van der Waals surface area contributed by atoms with Crippen LogP contribution >= 0.6 is 23.5 Å². The first-order chi connectivity index (χ1) is 14.5. The summed E-state index contributed by atoms with van der Waals surface area (Å²) in [5.41, 5.74) is 0.842. The van der Waals surface area contributed by atoms with Gasteiger partial charge in [-0.15, -0.1) is 11.8 Å². The molecule has 0 atom stereocenters. The van der Waals surface area contributed by atoms with Gasteiger partial charge in [0.2, 0.25) is 5.91 Å². The van der Waals surface area contributed by atoms with E-state index in [0.29, 0.717) is 16.5 Å². The zero-order valence-electron chi connectivity index (χ0n) is 15.8. The predicted octanol–water partition coefficient (Wildman–Crippen LogP) is 3.68. The molecule has 0 aliphatic rings. The first-order valence-electron chi connectivity index (χ1n) is 8.85. The lowest BCUT2D eigenvalue weighted by atomic mass is 10.2. The Bertz CT molecular complexity index is 1290. The molecule has 30 heavy (non-hydrogen) atoms. The summed E-state index contributed by atoms with van der Waals surface area (Å²) in [6, 6.07) is 14.9. The Morgan fingerprint density at radius 1 is 1.17 bits per heavy atom. The van der Waals surface area contributed by atoms with Crippen molar-refractivity contribution < 1.29 is 9.18 Å². The Morgan fingerprint density at radius 3 is 2.80 bits per heavy atom. The maximum Gasteiger partial charge on any atom is 0.266 e. The summed E-state index contributed by atoms with van der Waals surface area (Å²) in [6.45, 7) is 0. The SMILES string of the molecule is CSc1cccc(NC(=O)CSc2nc(-c3ccccc3F)nc3cc(=O)[nH]n23)c1. The summed E-state index contributed by atoms with van der Waals surface area (Å²) in [7, 11) is 0. The number of thioether (sulfide) groups is 2. The van der Waals surface area contributed by atoms with Gasteiger partial charge in [0.1, 0.15) is 5.82 Å². The van der Waals surface area contributed by atoms with E-state index >= 15 is 0 Å². The van der Waals surface area contributed by atoms with E-state index < -0.39 is 5.82 Å². The molecular formula is C20H16FN5O2S2. The van der Waals surface area contributed by atoms with Crippen LogP contribution in [0.2, 0.25) is 0 Å². The number of amides is 1. The Labute approximate surface area is 179 Å². The van der Waals surface area contributed by atoms with Gasteiger partial charge in [-0.3, -0.25) is 14.7 Å². The molecule has 4 rings (SSSR count). The van der Waals surface area contributed by atoms with Crippen molar-refractivity contribution in [3.8, 4) is 11.4 Å². The molecule has 0 aliphatic heterocycles. The Balaban J connectivity index is 1.59. The van der Waals surface area contributed by atoms with Gasteiger partial charge in [0.15, 0.2) is 16.6 Å². The second-order valence-electron chi connectivity index (χ2n) is 6.19. The standard InChI is InChI=1S/C20H16FN5O2S2/c1-29-13-6-4-5-12(9-13)22-18(28)11-30-20-24-19(14-7-2-3-8-15(14)21)23-16-10-17(27)25-26(16)20/h2-10H,11H2,1H3,(H,22,28)(H,25,27). The van der Waals surface area contributed by atoms with Gasteiger partial charge in [0.25, 0.3) is 5.56 Å². The summed E-state index contributed by atoms with van der Waals surface area (Å²) >= 11 is 2.70. The van der Waals surface area contributed by atoms with E-state index in [0.717, 1.165) is 16.7 Å². The van der Waals surface area contributed by atoms with Crippen molar-refractivity contribution in [2.24, 2.45) is 0 Å². The average Bonchev–Trinajstić information content (AvgIpc) is 3.12. The molecule has 0 spiro atoms. The van der Waals surface area contributed by atoms with Gasteiger partial charge in [-0.25, -0.2) is 18.9 Å². The highest BCUT2D eigenvalue weighted by Gasteiger charge is 2.15. The highest BCUT2D eigenvalue weighted by atomic mass is 32.2. The van der Waals surface area contributed by atoms with Crippen LogP contribution in [0.15, 0.2) is 69.4 Å². The van der Waals surface area contributed by atoms with Crippen LogP contribution in [-0.4, -0.2) is 37.5 Å². The number of carbonyl (C=O) groups is 1. The minimum Gasteiger partial charge on any atom is -0.325 e. The molecule has 2 aromatic heterocycles. The number of fused-ring (bicyclic) bond motifs is 1. The van der Waals surface area contributed by atoms with Gasteiger partial charge in [0.05, 0.1) is 11.3 Å². The van der Waals surface area contributed by atoms with Crippen LogP contribution in [0.3, 0.4) is 0 Å². The number of aromatic nitrogens is 4. The number of halogens is 1. The van der Waals surface area contributed by atoms with Crippen molar-refractivity contribution in [3.63, 3.8) is 0 Å². The van der Waals surface area contributed by atoms with Crippen LogP contribution in [0.1, 0.15) is 0 Å². The topological polar surface area (TPSA) is 92.2 Å². The van der Waals surface area contributed by atoms with Crippen molar-refractivity contribution in [2.75, 3.05) is 17.3 Å². The largest absolute Gasteiger partial charge is 0.325 e. The lowest BCUT2D eigenvalue weighted by Crippen LogP contribution is -2.15. The number of rotatable bonds is 6. The Hall–Kier alpha value is -3.11. The zero-order chi connectivity index (χ0) is 21.1. The molecule has 2 N–H and O–H groups in total. The number of carbonyl (C=O) groups excluding carboxylic acids is 1. The van der Waals surface area contributed by atoms with Crippen LogP contribution in [-0.2, 0) is 4.79 Å². The Kier molecular flexibility index (Phi) is 5.86. The second-order valence-corrected chi connectivity index (χ2v) is 8.01. The van der Waals surface area contributed by atoms with Gasteiger partial charge in [-0.1, -0.05) is 30.0 Å². The van der Waals surface area contributed by atoms with Gasteiger partial charge < -0.3 is 5.32 Å². The quantitative estimate of drug-likeness (QED) is 0.444. The predicted molar refractivity (Wildman–Crippen MR) is 117 cm³/mol. The molecule has 4 aromatic rings. The average molecular weight is 442 g/mol. The van der Waals surface area contributed by atoms with Gasteiger partial charge in [0, 0.05) is 16.6 Å². The van der Waals surface area contributed by atoms with E-state index in [-0.39, 0.29) is 28.6 Å². The third-order valence-corrected chi connectivity index (χ3v) is 5.79. The highest BCUT2D eigenvalue weighted by molar-refractivity contribution is 7.99. The van der Waals surface area contributed by atoms with Crippen LogP contribution in [0, 0.1) is 5.82 Å². The summed E-state index contributed by atoms with van der Waals surface area (Å²) in [6.07, 6.45) is 1.96. The van der Waals surface area contributed by atoms with Crippen LogP contribution < -0.4 is 10.9 Å². The molecule has 2 aromatic carbocycles. The molecule has 152 valence electrons. The number of nitrogens with zero attached hydrogens (tertiary/aromatic N) is 3. The number of anilines is 1. The molecular weight excluding hydrogens is 425 g/mol. The fourth-order valence-corrected chi connectivity index (χ4v) is 3.98. The smallest absolute Gasteiger partial charge is 0.266 e. The number of nitrogens with one attached hydrogen (secondary N) is 2. The summed E-state index contributed by atoms with van der Waals surface area (Å²) in [5.74, 6) is -0.510. The van der Waals surface area contributed by atoms with Crippen molar-refractivity contribution in [2.45, 2.75) is 10.1 Å². The van der Waals surface area contributed by atoms with E-state index in [1.54, 1.807) is 30.0 Å². The minimum atomic E-state index is -0.470. The highest BCUT2D eigenvalue weighted by Crippen LogP contribution is 2.24. The van der Waals surface area contributed by atoms with E-state index in [1.165, 1.54) is 16.6 Å². The number of hydrogen-bond acceptors (Lipinski definition) is 6. The van der Waals surface area contributed by atoms with Crippen molar-refractivity contribution in [3.05, 3.63) is 70.8 Å². The van der Waals surface area contributed by atoms with Crippen LogP contribution in [0.4, 0.5) is 10.1 Å². The fourth-order valence-electron chi connectivity index (χ4n) is 2.77. The van der Waals surface area contributed by atoms with E-state index in [2.05, 4.69) is 20.4 Å². The first kappa shape index (κ1) is 20.2. The molecule has 0 aliphatic carbocycles. The number of benzene rings is 2.